The molecule has 0 atom stereocenters. The van der Waals surface area contributed by atoms with Crippen molar-refractivity contribution in [2.24, 2.45) is 0 Å². The highest BCUT2D eigenvalue weighted by Gasteiger charge is 2.19. The number of hydrogen-bond donors (Lipinski definition) is 1. The van der Waals surface area contributed by atoms with E-state index in [2.05, 4.69) is 9.88 Å². The van der Waals surface area contributed by atoms with Gasteiger partial charge in [0.2, 0.25) is 0 Å². The number of carbonyl (C=O) groups excluding carboxylic acids is 1. The first kappa shape index (κ1) is 17.2. The monoisotopic (exact) mass is 362 g/mol. The maximum absolute atomic E-state index is 12.8. The third kappa shape index (κ3) is 3.28. The number of carbonyl (C=O) groups is 1. The summed E-state index contributed by atoms with van der Waals surface area (Å²) in [6.45, 7) is 5.44. The molecule has 2 aromatic carbocycles. The van der Waals surface area contributed by atoms with Gasteiger partial charge in [-0.3, -0.25) is 4.79 Å². The number of nitrogens with zero attached hydrogens (tertiary/aromatic N) is 1. The van der Waals surface area contributed by atoms with Crippen molar-refractivity contribution in [1.29, 1.82) is 0 Å². The Labute approximate surface area is 158 Å². The van der Waals surface area contributed by atoms with Gasteiger partial charge in [0, 0.05) is 29.2 Å². The largest absolute Gasteiger partial charge is 0.486 e. The van der Waals surface area contributed by atoms with Crippen LogP contribution in [0.3, 0.4) is 0 Å². The minimum Gasteiger partial charge on any atom is -0.486 e. The molecule has 0 saturated carbocycles. The van der Waals surface area contributed by atoms with Gasteiger partial charge in [-0.2, -0.15) is 0 Å². The van der Waals surface area contributed by atoms with Crippen LogP contribution in [-0.4, -0.2) is 23.7 Å². The second kappa shape index (κ2) is 7.19. The Balaban J connectivity index is 1.55. The van der Waals surface area contributed by atoms with Crippen LogP contribution in [0.1, 0.15) is 27.3 Å². The molecule has 3 aromatic rings. The fourth-order valence-electron chi connectivity index (χ4n) is 3.51. The normalized spacial score (nSPS) is 12.7. The lowest BCUT2D eigenvalue weighted by atomic mass is 10.1. The molecule has 1 aromatic heterocycles. The van der Waals surface area contributed by atoms with Crippen LogP contribution in [0.4, 0.5) is 0 Å². The lowest BCUT2D eigenvalue weighted by Gasteiger charge is -2.21. The van der Waals surface area contributed by atoms with Crippen LogP contribution in [0.2, 0.25) is 0 Å². The van der Waals surface area contributed by atoms with Crippen LogP contribution in [0.25, 0.3) is 5.69 Å². The van der Waals surface area contributed by atoms with Crippen molar-refractivity contribution in [3.8, 4) is 17.2 Å². The van der Waals surface area contributed by atoms with E-state index in [-0.39, 0.29) is 5.91 Å². The molecule has 0 saturated heterocycles. The summed E-state index contributed by atoms with van der Waals surface area (Å²) in [7, 11) is 0. The molecule has 0 unspecified atom stereocenters. The van der Waals surface area contributed by atoms with E-state index in [1.807, 2.05) is 68.4 Å². The second-order valence-electron chi connectivity index (χ2n) is 6.58. The Morgan fingerprint density at radius 1 is 1.04 bits per heavy atom. The molecule has 27 heavy (non-hydrogen) atoms. The molecule has 0 spiro atoms. The fourth-order valence-corrected chi connectivity index (χ4v) is 3.51. The van der Waals surface area contributed by atoms with Crippen LogP contribution in [0.15, 0.2) is 54.6 Å². The van der Waals surface area contributed by atoms with E-state index in [0.717, 1.165) is 34.1 Å². The topological polar surface area (TPSA) is 52.5 Å². The molecule has 2 heterocycles. The van der Waals surface area contributed by atoms with Crippen LogP contribution in [0.5, 0.6) is 11.5 Å². The number of aromatic nitrogens is 1. The average Bonchev–Trinajstić information content (AvgIpc) is 3.01. The summed E-state index contributed by atoms with van der Waals surface area (Å²) in [6.07, 6.45) is 0. The molecular weight excluding hydrogens is 340 g/mol. The number of ether oxygens (including phenoxy) is 2. The summed E-state index contributed by atoms with van der Waals surface area (Å²) < 4.78 is 13.4. The summed E-state index contributed by atoms with van der Waals surface area (Å²) in [5.74, 6) is 1.36. The molecule has 1 aliphatic heterocycles. The summed E-state index contributed by atoms with van der Waals surface area (Å²) in [5, 5.41) is 3.01. The molecule has 0 bridgehead atoms. The van der Waals surface area contributed by atoms with Gasteiger partial charge in [-0.25, -0.2) is 0 Å². The molecule has 0 radical (unpaired) electrons. The predicted molar refractivity (Wildman–Crippen MR) is 104 cm³/mol. The van der Waals surface area contributed by atoms with Gasteiger partial charge < -0.3 is 19.4 Å². The Morgan fingerprint density at radius 3 is 2.63 bits per heavy atom. The third-order valence-corrected chi connectivity index (χ3v) is 4.78. The van der Waals surface area contributed by atoms with E-state index in [4.69, 9.17) is 9.47 Å². The quantitative estimate of drug-likeness (QED) is 0.768. The van der Waals surface area contributed by atoms with E-state index >= 15 is 0 Å². The molecule has 138 valence electrons. The molecule has 1 aliphatic rings. The summed E-state index contributed by atoms with van der Waals surface area (Å²) in [6, 6.07) is 17.7. The zero-order chi connectivity index (χ0) is 18.8. The van der Waals surface area contributed by atoms with Crippen molar-refractivity contribution in [3.05, 3.63) is 77.1 Å². The molecular formula is C22H22N2O3. The molecule has 5 nitrogen and oxygen atoms in total. The minimum atomic E-state index is -0.0976. The van der Waals surface area contributed by atoms with Crippen molar-refractivity contribution >= 4 is 5.91 Å². The molecule has 1 amide bonds. The SMILES string of the molecule is Cc1cc(C(=O)NCc2cccc3c2OCCO3)c(C)n1-c1ccccc1. The van der Waals surface area contributed by atoms with E-state index in [1.165, 1.54) is 0 Å². The van der Waals surface area contributed by atoms with Crippen molar-refractivity contribution in [2.75, 3.05) is 13.2 Å². The summed E-state index contributed by atoms with van der Waals surface area (Å²) in [5.41, 5.74) is 4.59. The Morgan fingerprint density at radius 2 is 1.81 bits per heavy atom. The molecule has 1 N–H and O–H groups in total. The van der Waals surface area contributed by atoms with E-state index in [1.54, 1.807) is 0 Å². The first-order valence-corrected chi connectivity index (χ1v) is 9.05. The average molecular weight is 362 g/mol. The van der Waals surface area contributed by atoms with Crippen molar-refractivity contribution < 1.29 is 14.3 Å². The number of rotatable bonds is 4. The first-order chi connectivity index (χ1) is 13.1. The molecule has 0 fully saturated rings. The zero-order valence-electron chi connectivity index (χ0n) is 15.5. The number of amides is 1. The van der Waals surface area contributed by atoms with Crippen molar-refractivity contribution in [3.63, 3.8) is 0 Å². The van der Waals surface area contributed by atoms with Crippen LogP contribution >= 0.6 is 0 Å². The highest BCUT2D eigenvalue weighted by molar-refractivity contribution is 5.96. The number of fused-ring (bicyclic) bond motifs is 1. The number of aryl methyl sites for hydroxylation is 1. The summed E-state index contributed by atoms with van der Waals surface area (Å²) >= 11 is 0. The highest BCUT2D eigenvalue weighted by atomic mass is 16.6. The van der Waals surface area contributed by atoms with Gasteiger partial charge >= 0.3 is 0 Å². The van der Waals surface area contributed by atoms with E-state index in [9.17, 15) is 4.79 Å². The highest BCUT2D eigenvalue weighted by Crippen LogP contribution is 2.33. The lowest BCUT2D eigenvalue weighted by Crippen LogP contribution is -2.24. The Bertz CT molecular complexity index is 977. The smallest absolute Gasteiger partial charge is 0.253 e. The standard InChI is InChI=1S/C22H22N2O3/c1-15-13-19(16(2)24(15)18-8-4-3-5-9-18)22(25)23-14-17-7-6-10-20-21(17)27-12-11-26-20/h3-10,13H,11-12,14H2,1-2H3,(H,23,25). The van der Waals surface area contributed by atoms with Gasteiger partial charge in [0.1, 0.15) is 13.2 Å². The zero-order valence-corrected chi connectivity index (χ0v) is 15.5. The van der Waals surface area contributed by atoms with Crippen molar-refractivity contribution in [2.45, 2.75) is 20.4 Å². The second-order valence-corrected chi connectivity index (χ2v) is 6.58. The predicted octanol–water partition coefficient (Wildman–Crippen LogP) is 3.80. The van der Waals surface area contributed by atoms with Gasteiger partial charge in [-0.05, 0) is 38.1 Å². The van der Waals surface area contributed by atoms with E-state index in [0.29, 0.717) is 25.3 Å². The van der Waals surface area contributed by atoms with Gasteiger partial charge in [0.25, 0.3) is 5.91 Å². The van der Waals surface area contributed by atoms with Gasteiger partial charge in [-0.1, -0.05) is 30.3 Å². The molecule has 4 rings (SSSR count). The maximum Gasteiger partial charge on any atom is 0.253 e. The summed E-state index contributed by atoms with van der Waals surface area (Å²) in [4.78, 5) is 12.8. The van der Waals surface area contributed by atoms with Gasteiger partial charge in [-0.15, -0.1) is 0 Å². The minimum absolute atomic E-state index is 0.0976. The molecule has 5 heteroatoms. The first-order valence-electron chi connectivity index (χ1n) is 9.05. The fraction of sp³-hybridized carbons (Fsp3) is 0.227. The van der Waals surface area contributed by atoms with Crippen molar-refractivity contribution in [1.82, 2.24) is 9.88 Å². The lowest BCUT2D eigenvalue weighted by molar-refractivity contribution is 0.0949. The van der Waals surface area contributed by atoms with Gasteiger partial charge in [0.15, 0.2) is 11.5 Å². The van der Waals surface area contributed by atoms with Crippen LogP contribution < -0.4 is 14.8 Å². The maximum atomic E-state index is 12.8. The third-order valence-electron chi connectivity index (χ3n) is 4.78. The number of hydrogen-bond acceptors (Lipinski definition) is 3. The van der Waals surface area contributed by atoms with Crippen LogP contribution in [-0.2, 0) is 6.54 Å². The Kier molecular flexibility index (Phi) is 4.59. The van der Waals surface area contributed by atoms with Gasteiger partial charge in [0.05, 0.1) is 5.56 Å². The molecule has 0 aliphatic carbocycles. The number of benzene rings is 2. The number of para-hydroxylation sites is 2. The Hall–Kier alpha value is -3.21. The van der Waals surface area contributed by atoms with E-state index < -0.39 is 0 Å². The van der Waals surface area contributed by atoms with Crippen LogP contribution in [0, 0.1) is 13.8 Å². The number of nitrogens with one attached hydrogen (secondary N) is 1.